The van der Waals surface area contributed by atoms with E-state index in [-0.39, 0.29) is 23.2 Å². The second kappa shape index (κ2) is 7.06. The molecule has 1 aromatic carbocycles. The van der Waals surface area contributed by atoms with Gasteiger partial charge >= 0.3 is 0 Å². The molecule has 4 nitrogen and oxygen atoms in total. The van der Waals surface area contributed by atoms with Crippen molar-refractivity contribution in [3.05, 3.63) is 47.9 Å². The first kappa shape index (κ1) is 18.4. The van der Waals surface area contributed by atoms with Crippen LogP contribution in [0, 0.1) is 18.2 Å². The van der Waals surface area contributed by atoms with Gasteiger partial charge in [-0.25, -0.2) is 4.39 Å². The molecule has 1 aliphatic rings. The number of hydrogen-bond donors (Lipinski definition) is 1. The third kappa shape index (κ3) is 3.87. The molecule has 1 N–H and O–H groups in total. The van der Waals surface area contributed by atoms with Crippen LogP contribution in [0.5, 0.6) is 0 Å². The van der Waals surface area contributed by atoms with Crippen molar-refractivity contribution in [2.75, 3.05) is 18.0 Å². The lowest BCUT2D eigenvalue weighted by molar-refractivity contribution is -0.120. The number of aryl methyl sites for hydroxylation is 1. The molecule has 0 spiro atoms. The Morgan fingerprint density at radius 1 is 1.31 bits per heavy atom. The second-order valence-electron chi connectivity index (χ2n) is 7.82. The summed E-state index contributed by atoms with van der Waals surface area (Å²) < 4.78 is 13.9. The zero-order valence-corrected chi connectivity index (χ0v) is 15.8. The molecule has 5 heteroatoms. The number of aromatic nitrogens is 1. The highest BCUT2D eigenvalue weighted by Gasteiger charge is 2.36. The minimum absolute atomic E-state index is 0.0177. The molecule has 1 amide bonds. The van der Waals surface area contributed by atoms with Crippen LogP contribution in [0.1, 0.15) is 32.8 Å². The molecule has 0 aliphatic carbocycles. The maximum atomic E-state index is 13.9. The summed E-state index contributed by atoms with van der Waals surface area (Å²) in [6.07, 6.45) is 2.67. The molecule has 1 fully saturated rings. The zero-order valence-electron chi connectivity index (χ0n) is 15.8. The van der Waals surface area contributed by atoms with Crippen LogP contribution < -0.4 is 10.2 Å². The molecule has 1 saturated heterocycles. The van der Waals surface area contributed by atoms with E-state index in [2.05, 4.69) is 29.0 Å². The number of carbonyl (C=O) groups excluding carboxylic acids is 1. The summed E-state index contributed by atoms with van der Waals surface area (Å²) in [6.45, 7) is 9.38. The van der Waals surface area contributed by atoms with Gasteiger partial charge in [-0.1, -0.05) is 26.0 Å². The molecule has 0 bridgehead atoms. The number of halogens is 1. The maximum Gasteiger partial charge on any atom is 0.217 e. The Labute approximate surface area is 154 Å². The first-order valence-electron chi connectivity index (χ1n) is 9.01. The lowest BCUT2D eigenvalue weighted by Gasteiger charge is -2.45. The number of nitrogens with one attached hydrogen (secondary N) is 1. The van der Waals surface area contributed by atoms with Crippen molar-refractivity contribution in [1.29, 1.82) is 0 Å². The smallest absolute Gasteiger partial charge is 0.217 e. The lowest BCUT2D eigenvalue weighted by Crippen LogP contribution is -2.55. The zero-order chi connectivity index (χ0) is 18.9. The number of piperidine rings is 1. The molecule has 138 valence electrons. The fraction of sp³-hybridized carbons (Fsp3) is 0.429. The highest BCUT2D eigenvalue weighted by Crippen LogP contribution is 2.33. The average molecular weight is 355 g/mol. The molecule has 0 saturated carbocycles. The van der Waals surface area contributed by atoms with Crippen molar-refractivity contribution < 1.29 is 9.18 Å². The normalized spacial score (nSPS) is 19.3. The third-order valence-electron chi connectivity index (χ3n) is 5.18. The van der Waals surface area contributed by atoms with Crippen molar-refractivity contribution in [3.63, 3.8) is 0 Å². The third-order valence-corrected chi connectivity index (χ3v) is 5.18. The summed E-state index contributed by atoms with van der Waals surface area (Å²) in [5.41, 5.74) is 3.21. The summed E-state index contributed by atoms with van der Waals surface area (Å²) in [4.78, 5) is 18.2. The maximum absolute atomic E-state index is 13.9. The monoisotopic (exact) mass is 355 g/mol. The van der Waals surface area contributed by atoms with Gasteiger partial charge in [0.2, 0.25) is 5.91 Å². The van der Waals surface area contributed by atoms with Gasteiger partial charge in [0.05, 0.1) is 5.69 Å². The summed E-state index contributed by atoms with van der Waals surface area (Å²) >= 11 is 0. The Hall–Kier alpha value is -2.43. The van der Waals surface area contributed by atoms with Gasteiger partial charge in [-0.05, 0) is 37.1 Å². The SMILES string of the molecule is CC(=O)NC1CCN(c2ccnc(-c3ccc(C)c(F)c3)c2)CC1(C)C. The van der Waals surface area contributed by atoms with Gasteiger partial charge in [0, 0.05) is 48.9 Å². The van der Waals surface area contributed by atoms with E-state index in [1.165, 1.54) is 6.07 Å². The number of carbonyl (C=O) groups is 1. The Morgan fingerprint density at radius 2 is 2.08 bits per heavy atom. The summed E-state index contributed by atoms with van der Waals surface area (Å²) in [6, 6.07) is 9.39. The van der Waals surface area contributed by atoms with E-state index in [0.29, 0.717) is 5.56 Å². The van der Waals surface area contributed by atoms with E-state index in [1.807, 2.05) is 18.2 Å². The van der Waals surface area contributed by atoms with Gasteiger partial charge < -0.3 is 10.2 Å². The van der Waals surface area contributed by atoms with Crippen molar-refractivity contribution in [3.8, 4) is 11.3 Å². The Balaban J connectivity index is 1.82. The first-order valence-corrected chi connectivity index (χ1v) is 9.01. The molecule has 26 heavy (non-hydrogen) atoms. The lowest BCUT2D eigenvalue weighted by atomic mass is 9.79. The van der Waals surface area contributed by atoms with Gasteiger partial charge in [-0.3, -0.25) is 9.78 Å². The van der Waals surface area contributed by atoms with E-state index >= 15 is 0 Å². The van der Waals surface area contributed by atoms with Gasteiger partial charge in [-0.2, -0.15) is 0 Å². The van der Waals surface area contributed by atoms with E-state index in [0.717, 1.165) is 36.5 Å². The molecule has 1 aliphatic heterocycles. The molecule has 2 heterocycles. The van der Waals surface area contributed by atoms with Gasteiger partial charge in [0.25, 0.3) is 0 Å². The summed E-state index contributed by atoms with van der Waals surface area (Å²) in [5.74, 6) is -0.198. The summed E-state index contributed by atoms with van der Waals surface area (Å²) in [7, 11) is 0. The minimum Gasteiger partial charge on any atom is -0.371 e. The highest BCUT2D eigenvalue weighted by atomic mass is 19.1. The standard InChI is InChI=1S/C21H26FN3O/c1-14-5-6-16(11-18(14)22)19-12-17(7-9-23-19)25-10-8-20(24-15(2)26)21(3,4)13-25/h5-7,9,11-12,20H,8,10,13H2,1-4H3,(H,24,26). The van der Waals surface area contributed by atoms with E-state index in [4.69, 9.17) is 0 Å². The van der Waals surface area contributed by atoms with Crippen molar-refractivity contribution in [2.45, 2.75) is 40.2 Å². The van der Waals surface area contributed by atoms with Crippen LogP contribution in [-0.2, 0) is 4.79 Å². The van der Waals surface area contributed by atoms with Crippen LogP contribution in [0.3, 0.4) is 0 Å². The van der Waals surface area contributed by atoms with Crippen LogP contribution in [0.2, 0.25) is 0 Å². The van der Waals surface area contributed by atoms with Crippen LogP contribution in [0.4, 0.5) is 10.1 Å². The van der Waals surface area contributed by atoms with Crippen LogP contribution in [0.25, 0.3) is 11.3 Å². The van der Waals surface area contributed by atoms with E-state index in [1.54, 1.807) is 26.1 Å². The first-order chi connectivity index (χ1) is 12.3. The van der Waals surface area contributed by atoms with Crippen molar-refractivity contribution >= 4 is 11.6 Å². The largest absolute Gasteiger partial charge is 0.371 e. The topological polar surface area (TPSA) is 45.2 Å². The number of pyridine rings is 1. The predicted molar refractivity (Wildman–Crippen MR) is 103 cm³/mol. The van der Waals surface area contributed by atoms with Gasteiger partial charge in [0.15, 0.2) is 0 Å². The number of benzene rings is 1. The highest BCUT2D eigenvalue weighted by molar-refractivity contribution is 5.73. The number of anilines is 1. The molecule has 1 unspecified atom stereocenters. The average Bonchev–Trinajstić information content (AvgIpc) is 2.58. The Bertz CT molecular complexity index is 819. The van der Waals surface area contributed by atoms with Crippen LogP contribution in [-0.4, -0.2) is 30.0 Å². The van der Waals surface area contributed by atoms with E-state index < -0.39 is 0 Å². The fourth-order valence-corrected chi connectivity index (χ4v) is 3.62. The molecular weight excluding hydrogens is 329 g/mol. The quantitative estimate of drug-likeness (QED) is 0.907. The molecule has 3 rings (SSSR count). The Morgan fingerprint density at radius 3 is 2.73 bits per heavy atom. The van der Waals surface area contributed by atoms with Gasteiger partial charge in [0.1, 0.15) is 5.82 Å². The van der Waals surface area contributed by atoms with Crippen LogP contribution >= 0.6 is 0 Å². The van der Waals surface area contributed by atoms with E-state index in [9.17, 15) is 9.18 Å². The number of nitrogens with zero attached hydrogens (tertiary/aromatic N) is 2. The molecular formula is C21H26FN3O. The molecule has 0 radical (unpaired) electrons. The second-order valence-corrected chi connectivity index (χ2v) is 7.82. The Kier molecular flexibility index (Phi) is 4.99. The number of amides is 1. The minimum atomic E-state index is -0.216. The molecule has 1 aromatic heterocycles. The summed E-state index contributed by atoms with van der Waals surface area (Å²) in [5, 5.41) is 3.07. The predicted octanol–water partition coefficient (Wildman–Crippen LogP) is 3.94. The molecule has 2 aromatic rings. The number of rotatable bonds is 3. The fourth-order valence-electron chi connectivity index (χ4n) is 3.62. The van der Waals surface area contributed by atoms with Crippen LogP contribution in [0.15, 0.2) is 36.5 Å². The number of hydrogen-bond acceptors (Lipinski definition) is 3. The van der Waals surface area contributed by atoms with Gasteiger partial charge in [-0.15, -0.1) is 0 Å². The molecule has 1 atom stereocenters. The van der Waals surface area contributed by atoms with Crippen molar-refractivity contribution in [2.24, 2.45) is 5.41 Å². The van der Waals surface area contributed by atoms with Crippen molar-refractivity contribution in [1.82, 2.24) is 10.3 Å².